The monoisotopic (exact) mass is 304 g/mol. The van der Waals surface area contributed by atoms with Crippen molar-refractivity contribution in [2.45, 2.75) is 6.18 Å². The highest BCUT2D eigenvalue weighted by Gasteiger charge is 2.30. The zero-order valence-corrected chi connectivity index (χ0v) is 11.5. The van der Waals surface area contributed by atoms with E-state index >= 15 is 0 Å². The van der Waals surface area contributed by atoms with Crippen LogP contribution < -0.4 is 20.1 Å². The minimum atomic E-state index is -4.35. The molecule has 0 bridgehead atoms. The van der Waals surface area contributed by atoms with Gasteiger partial charge in [-0.1, -0.05) is 6.07 Å². The molecule has 1 aliphatic heterocycles. The maximum Gasteiger partial charge on any atom is 0.405 e. The summed E-state index contributed by atoms with van der Waals surface area (Å²) in [5.74, 6) is 0.458. The van der Waals surface area contributed by atoms with Crippen molar-refractivity contribution in [3.63, 3.8) is 0 Å². The standard InChI is InChI=1S/C13H17F3N4O/c14-13(15,16)10-18-12(21)9-19-5-7-20(8-6-19)11-3-1-2-4-17-11/h1-4H,5-10H2,(H,18,21)/p+2. The van der Waals surface area contributed by atoms with Gasteiger partial charge in [-0.25, -0.2) is 4.98 Å². The van der Waals surface area contributed by atoms with Gasteiger partial charge in [0.2, 0.25) is 0 Å². The van der Waals surface area contributed by atoms with Gasteiger partial charge in [0.1, 0.15) is 32.7 Å². The molecule has 2 heterocycles. The van der Waals surface area contributed by atoms with E-state index in [0.29, 0.717) is 0 Å². The second-order valence-electron chi connectivity index (χ2n) is 5.05. The van der Waals surface area contributed by atoms with Crippen molar-refractivity contribution >= 4 is 11.7 Å². The van der Waals surface area contributed by atoms with Gasteiger partial charge in [-0.15, -0.1) is 0 Å². The summed E-state index contributed by atoms with van der Waals surface area (Å²) in [6.07, 6.45) is -2.51. The fraction of sp³-hybridized carbons (Fsp3) is 0.538. The number of aromatic amines is 1. The van der Waals surface area contributed by atoms with Crippen molar-refractivity contribution in [1.29, 1.82) is 0 Å². The number of amides is 1. The summed E-state index contributed by atoms with van der Waals surface area (Å²) in [4.78, 5) is 17.8. The molecular formula is C13H19F3N4O+2. The maximum atomic E-state index is 12.0. The summed E-state index contributed by atoms with van der Waals surface area (Å²) in [7, 11) is 0. The molecule has 0 spiro atoms. The van der Waals surface area contributed by atoms with Gasteiger partial charge in [0, 0.05) is 6.07 Å². The Hall–Kier alpha value is -1.83. The number of quaternary nitrogens is 1. The van der Waals surface area contributed by atoms with Gasteiger partial charge in [-0.2, -0.15) is 13.2 Å². The molecule has 0 atom stereocenters. The SMILES string of the molecule is O=C(C[NH+]1CCN(c2cccc[nH+]2)CC1)NCC(F)(F)F. The van der Waals surface area contributed by atoms with E-state index in [1.807, 2.05) is 29.7 Å². The molecule has 1 amide bonds. The van der Waals surface area contributed by atoms with Gasteiger partial charge in [-0.05, 0) is 6.07 Å². The Morgan fingerprint density at radius 1 is 1.33 bits per heavy atom. The Morgan fingerprint density at radius 2 is 2.05 bits per heavy atom. The lowest BCUT2D eigenvalue weighted by Crippen LogP contribution is -3.16. The summed E-state index contributed by atoms with van der Waals surface area (Å²) < 4.78 is 36.0. The molecular weight excluding hydrogens is 285 g/mol. The third kappa shape index (κ3) is 5.22. The number of anilines is 1. The number of nitrogens with zero attached hydrogens (tertiary/aromatic N) is 1. The minimum Gasteiger partial charge on any atom is -0.342 e. The lowest BCUT2D eigenvalue weighted by molar-refractivity contribution is -0.892. The Labute approximate surface area is 120 Å². The second kappa shape index (κ2) is 6.75. The van der Waals surface area contributed by atoms with Crippen molar-refractivity contribution in [3.8, 4) is 0 Å². The molecule has 1 aliphatic rings. The molecule has 1 fully saturated rings. The minimum absolute atomic E-state index is 0.0857. The van der Waals surface area contributed by atoms with Crippen LogP contribution in [0.4, 0.5) is 19.0 Å². The topological polar surface area (TPSA) is 50.9 Å². The lowest BCUT2D eigenvalue weighted by Gasteiger charge is -2.27. The van der Waals surface area contributed by atoms with Crippen molar-refractivity contribution in [2.75, 3.05) is 44.2 Å². The summed E-state index contributed by atoms with van der Waals surface area (Å²) in [5, 5.41) is 1.91. The van der Waals surface area contributed by atoms with Gasteiger partial charge in [0.05, 0.1) is 6.20 Å². The Kier molecular flexibility index (Phi) is 5.00. The molecule has 21 heavy (non-hydrogen) atoms. The molecule has 1 saturated heterocycles. The number of hydrogen-bond acceptors (Lipinski definition) is 2. The number of rotatable bonds is 4. The number of hydrogen-bond donors (Lipinski definition) is 2. The molecule has 1 aromatic rings. The van der Waals surface area contributed by atoms with Crippen LogP contribution in [-0.4, -0.2) is 51.4 Å². The first-order valence-electron chi connectivity index (χ1n) is 6.83. The first kappa shape index (κ1) is 15.6. The molecule has 5 nitrogen and oxygen atoms in total. The predicted molar refractivity (Wildman–Crippen MR) is 69.8 cm³/mol. The molecule has 0 radical (unpaired) electrons. The van der Waals surface area contributed by atoms with Crippen LogP contribution in [0.25, 0.3) is 0 Å². The van der Waals surface area contributed by atoms with E-state index in [0.717, 1.165) is 36.9 Å². The molecule has 0 unspecified atom stereocenters. The van der Waals surface area contributed by atoms with E-state index in [1.54, 1.807) is 0 Å². The van der Waals surface area contributed by atoms with Crippen molar-refractivity contribution in [1.82, 2.24) is 5.32 Å². The lowest BCUT2D eigenvalue weighted by atomic mass is 10.3. The Bertz CT molecular complexity index is 458. The highest BCUT2D eigenvalue weighted by molar-refractivity contribution is 5.76. The van der Waals surface area contributed by atoms with E-state index in [9.17, 15) is 18.0 Å². The molecule has 0 aromatic carbocycles. The summed E-state index contributed by atoms with van der Waals surface area (Å²) in [5.41, 5.74) is 0. The largest absolute Gasteiger partial charge is 0.405 e. The number of halogens is 3. The van der Waals surface area contributed by atoms with E-state index in [2.05, 4.69) is 9.88 Å². The Morgan fingerprint density at radius 3 is 2.62 bits per heavy atom. The van der Waals surface area contributed by atoms with E-state index < -0.39 is 18.6 Å². The number of aromatic nitrogens is 1. The molecule has 116 valence electrons. The molecule has 0 saturated carbocycles. The molecule has 3 N–H and O–H groups in total. The van der Waals surface area contributed by atoms with Crippen LogP contribution in [0.15, 0.2) is 24.4 Å². The van der Waals surface area contributed by atoms with E-state index in [-0.39, 0.29) is 6.54 Å². The van der Waals surface area contributed by atoms with Crippen LogP contribution in [0.5, 0.6) is 0 Å². The van der Waals surface area contributed by atoms with Crippen molar-refractivity contribution < 1.29 is 27.8 Å². The number of alkyl halides is 3. The van der Waals surface area contributed by atoms with Crippen LogP contribution >= 0.6 is 0 Å². The summed E-state index contributed by atoms with van der Waals surface area (Å²) in [6.45, 7) is 1.81. The third-order valence-corrected chi connectivity index (χ3v) is 3.40. The average Bonchev–Trinajstić information content (AvgIpc) is 2.46. The fourth-order valence-corrected chi connectivity index (χ4v) is 2.31. The number of carbonyl (C=O) groups excluding carboxylic acids is 1. The predicted octanol–water partition coefficient (Wildman–Crippen LogP) is -1.12. The van der Waals surface area contributed by atoms with Gasteiger partial charge >= 0.3 is 6.18 Å². The summed E-state index contributed by atoms with van der Waals surface area (Å²) in [6, 6.07) is 5.81. The zero-order chi connectivity index (χ0) is 15.3. The smallest absolute Gasteiger partial charge is 0.342 e. The number of carbonyl (C=O) groups is 1. The zero-order valence-electron chi connectivity index (χ0n) is 11.5. The Balaban J connectivity index is 1.73. The summed E-state index contributed by atoms with van der Waals surface area (Å²) >= 11 is 0. The molecule has 0 aliphatic carbocycles. The number of H-pyrrole nitrogens is 1. The molecule has 8 heteroatoms. The van der Waals surface area contributed by atoms with Crippen LogP contribution in [0.1, 0.15) is 0 Å². The van der Waals surface area contributed by atoms with Gasteiger partial charge in [0.25, 0.3) is 11.7 Å². The van der Waals surface area contributed by atoms with Crippen LogP contribution in [0.2, 0.25) is 0 Å². The van der Waals surface area contributed by atoms with E-state index in [4.69, 9.17) is 0 Å². The third-order valence-electron chi connectivity index (χ3n) is 3.40. The average molecular weight is 304 g/mol. The van der Waals surface area contributed by atoms with Crippen LogP contribution in [-0.2, 0) is 4.79 Å². The van der Waals surface area contributed by atoms with Gasteiger partial charge in [0.15, 0.2) is 6.54 Å². The fourth-order valence-electron chi connectivity index (χ4n) is 2.31. The maximum absolute atomic E-state index is 12.0. The van der Waals surface area contributed by atoms with Crippen LogP contribution in [0, 0.1) is 0 Å². The first-order chi connectivity index (χ1) is 9.94. The van der Waals surface area contributed by atoms with E-state index in [1.165, 1.54) is 0 Å². The first-order valence-corrected chi connectivity index (χ1v) is 6.83. The van der Waals surface area contributed by atoms with Crippen LogP contribution in [0.3, 0.4) is 0 Å². The molecule has 2 rings (SSSR count). The van der Waals surface area contributed by atoms with Gasteiger partial charge in [-0.3, -0.25) is 9.69 Å². The quantitative estimate of drug-likeness (QED) is 0.741. The van der Waals surface area contributed by atoms with Gasteiger partial charge < -0.3 is 10.2 Å². The second-order valence-corrected chi connectivity index (χ2v) is 5.05. The molecule has 1 aromatic heterocycles. The highest BCUT2D eigenvalue weighted by atomic mass is 19.4. The normalized spacial score (nSPS) is 16.8. The van der Waals surface area contributed by atoms with Crippen molar-refractivity contribution in [2.24, 2.45) is 0 Å². The number of pyridine rings is 1. The highest BCUT2D eigenvalue weighted by Crippen LogP contribution is 2.11. The number of piperazine rings is 1. The van der Waals surface area contributed by atoms with Crippen molar-refractivity contribution in [3.05, 3.63) is 24.4 Å². The number of nitrogens with one attached hydrogen (secondary N) is 3.